The molecule has 0 rings (SSSR count). The molecule has 5 nitrogen and oxygen atoms in total. The first-order valence-corrected chi connectivity index (χ1v) is 3.36. The molecule has 0 saturated carbocycles. The molecule has 0 aromatic carbocycles. The first kappa shape index (κ1) is 15.0. The predicted octanol–water partition coefficient (Wildman–Crippen LogP) is -4.56. The van der Waals surface area contributed by atoms with Crippen LogP contribution in [0.2, 0.25) is 0 Å². The summed E-state index contributed by atoms with van der Waals surface area (Å²) in [5, 5.41) is 19.3. The molecule has 0 aliphatic heterocycles. The number of carboxylic acids is 1. The fraction of sp³-hybridized carbons (Fsp3) is 0.714. The fourth-order valence-electron chi connectivity index (χ4n) is 0.757. The van der Waals surface area contributed by atoms with Crippen molar-refractivity contribution in [2.24, 2.45) is 0 Å². The van der Waals surface area contributed by atoms with Crippen LogP contribution in [0.5, 0.6) is 0 Å². The number of methoxy groups -OCH3 is 1. The van der Waals surface area contributed by atoms with Crippen LogP contribution in [0.4, 0.5) is 0 Å². The molecule has 1 unspecified atom stereocenters. The second kappa shape index (κ2) is 6.03. The van der Waals surface area contributed by atoms with Crippen molar-refractivity contribution in [3.05, 3.63) is 0 Å². The fourth-order valence-corrected chi connectivity index (χ4v) is 0.757. The Kier molecular flexibility index (Phi) is 6.95. The van der Waals surface area contributed by atoms with Gasteiger partial charge in [0.05, 0.1) is 19.1 Å². The quantitative estimate of drug-likeness (QED) is 0.349. The first-order valence-electron chi connectivity index (χ1n) is 3.36. The number of aliphatic hydroxyl groups is 1. The van der Waals surface area contributed by atoms with Crippen LogP contribution in [-0.2, 0) is 14.3 Å². The Hall–Kier alpha value is -0.503. The van der Waals surface area contributed by atoms with Crippen molar-refractivity contribution >= 4 is 11.9 Å². The zero-order valence-corrected chi connectivity index (χ0v) is 7.99. The van der Waals surface area contributed by atoms with Gasteiger partial charge in [0.15, 0.2) is 0 Å². The van der Waals surface area contributed by atoms with Crippen LogP contribution in [0.25, 0.3) is 0 Å². The molecule has 1 atom stereocenters. The maximum Gasteiger partial charge on any atom is 1.00 e. The first-order chi connectivity index (χ1) is 5.37. The summed E-state index contributed by atoms with van der Waals surface area (Å²) in [5.41, 5.74) is -1.59. The van der Waals surface area contributed by atoms with E-state index in [1.54, 1.807) is 0 Å². The van der Waals surface area contributed by atoms with Gasteiger partial charge in [-0.3, -0.25) is 4.79 Å². The number of carbonyl (C=O) groups excluding carboxylic acids is 2. The van der Waals surface area contributed by atoms with E-state index in [-0.39, 0.29) is 25.3 Å². The van der Waals surface area contributed by atoms with Crippen molar-refractivity contribution in [1.82, 2.24) is 0 Å². The molecule has 0 bridgehead atoms. The van der Waals surface area contributed by atoms with Gasteiger partial charge in [0, 0.05) is 12.4 Å². The van der Waals surface area contributed by atoms with E-state index in [1.165, 1.54) is 6.92 Å². The molecule has 13 heavy (non-hydrogen) atoms. The Labute approximate surface area is 88.3 Å². The average Bonchev–Trinajstić information content (AvgIpc) is 1.83. The van der Waals surface area contributed by atoms with E-state index in [2.05, 4.69) is 4.74 Å². The molecule has 0 amide bonds. The van der Waals surface area contributed by atoms with Gasteiger partial charge in [-0.05, 0) is 6.92 Å². The predicted molar refractivity (Wildman–Crippen MR) is 36.9 cm³/mol. The number of rotatable bonds is 4. The van der Waals surface area contributed by atoms with Crippen LogP contribution in [0.3, 0.4) is 0 Å². The monoisotopic (exact) mass is 182 g/mol. The molecule has 0 heterocycles. The van der Waals surface area contributed by atoms with E-state index in [0.29, 0.717) is 0 Å². The smallest absolute Gasteiger partial charge is 0.550 e. The zero-order valence-electron chi connectivity index (χ0n) is 7.99. The SMILES string of the molecule is COC(=O)CC(C)(O)CC(=O)[O-].[Li+]. The van der Waals surface area contributed by atoms with Gasteiger partial charge in [-0.15, -0.1) is 0 Å². The van der Waals surface area contributed by atoms with Crippen molar-refractivity contribution in [1.29, 1.82) is 0 Å². The zero-order chi connectivity index (χ0) is 9.78. The van der Waals surface area contributed by atoms with E-state index in [0.717, 1.165) is 7.11 Å². The third kappa shape index (κ3) is 7.85. The molecule has 1 N–H and O–H groups in total. The molecule has 0 fully saturated rings. The minimum atomic E-state index is -1.59. The number of carboxylic acid groups (broad SMARTS) is 1. The number of hydrogen-bond donors (Lipinski definition) is 1. The number of carbonyl (C=O) groups is 2. The van der Waals surface area contributed by atoms with Crippen molar-refractivity contribution in [2.45, 2.75) is 25.4 Å². The third-order valence-electron chi connectivity index (χ3n) is 1.28. The Morgan fingerprint density at radius 1 is 1.46 bits per heavy atom. The number of esters is 1. The summed E-state index contributed by atoms with van der Waals surface area (Å²) in [7, 11) is 1.16. The largest absolute Gasteiger partial charge is 1.00 e. The second-order valence-corrected chi connectivity index (χ2v) is 2.80. The second-order valence-electron chi connectivity index (χ2n) is 2.80. The summed E-state index contributed by atoms with van der Waals surface area (Å²) in [5.74, 6) is -2.05. The molecule has 0 aromatic rings. The van der Waals surface area contributed by atoms with Crippen LogP contribution in [-0.4, -0.2) is 29.8 Å². The number of aliphatic carboxylic acids is 1. The normalized spacial score (nSPS) is 13.8. The van der Waals surface area contributed by atoms with Gasteiger partial charge in [0.25, 0.3) is 0 Å². The van der Waals surface area contributed by atoms with Gasteiger partial charge in [-0.1, -0.05) is 0 Å². The maximum absolute atomic E-state index is 10.6. The van der Waals surface area contributed by atoms with Crippen LogP contribution in [0.15, 0.2) is 0 Å². The van der Waals surface area contributed by atoms with Crippen molar-refractivity contribution < 1.29 is 43.4 Å². The number of hydrogen-bond acceptors (Lipinski definition) is 5. The summed E-state index contributed by atoms with van der Waals surface area (Å²) in [6, 6.07) is 0. The van der Waals surface area contributed by atoms with Gasteiger partial charge in [-0.25, -0.2) is 0 Å². The van der Waals surface area contributed by atoms with Gasteiger partial charge in [0.2, 0.25) is 0 Å². The minimum absolute atomic E-state index is 0. The van der Waals surface area contributed by atoms with Crippen LogP contribution >= 0.6 is 0 Å². The van der Waals surface area contributed by atoms with E-state index in [1.807, 2.05) is 0 Å². The molecule has 0 aromatic heterocycles. The Morgan fingerprint density at radius 3 is 2.23 bits per heavy atom. The summed E-state index contributed by atoms with van der Waals surface area (Å²) in [6.45, 7) is 1.24. The minimum Gasteiger partial charge on any atom is -0.550 e. The molecule has 0 aliphatic rings. The van der Waals surface area contributed by atoms with Crippen molar-refractivity contribution in [3.8, 4) is 0 Å². The van der Waals surface area contributed by atoms with Crippen LogP contribution < -0.4 is 24.0 Å². The molecule has 70 valence electrons. The van der Waals surface area contributed by atoms with Crippen molar-refractivity contribution in [2.75, 3.05) is 7.11 Å². The molecule has 0 saturated heterocycles. The Morgan fingerprint density at radius 2 is 1.92 bits per heavy atom. The van der Waals surface area contributed by atoms with E-state index in [4.69, 9.17) is 0 Å². The summed E-state index contributed by atoms with van der Waals surface area (Å²) in [6.07, 6.45) is -0.931. The summed E-state index contributed by atoms with van der Waals surface area (Å²) in [4.78, 5) is 20.7. The van der Waals surface area contributed by atoms with E-state index < -0.39 is 24.0 Å². The van der Waals surface area contributed by atoms with E-state index in [9.17, 15) is 19.8 Å². The van der Waals surface area contributed by atoms with Crippen molar-refractivity contribution in [3.63, 3.8) is 0 Å². The topological polar surface area (TPSA) is 86.7 Å². The molecule has 6 heteroatoms. The number of ether oxygens (including phenoxy) is 1. The van der Waals surface area contributed by atoms with Gasteiger partial charge in [-0.2, -0.15) is 0 Å². The van der Waals surface area contributed by atoms with Gasteiger partial charge < -0.3 is 19.7 Å². The standard InChI is InChI=1S/C7H12O5.Li/c1-7(11,3-5(8)9)4-6(10)12-2;/h11H,3-4H2,1-2H3,(H,8,9);/q;+1/p-1. The Balaban J connectivity index is 0. The van der Waals surface area contributed by atoms with Gasteiger partial charge >= 0.3 is 24.8 Å². The Bertz CT molecular complexity index is 189. The molecule has 0 aliphatic carbocycles. The average molecular weight is 182 g/mol. The third-order valence-corrected chi connectivity index (χ3v) is 1.28. The van der Waals surface area contributed by atoms with Gasteiger partial charge in [0.1, 0.15) is 0 Å². The molecular weight excluding hydrogens is 171 g/mol. The summed E-state index contributed by atoms with van der Waals surface area (Å²) < 4.78 is 4.26. The molecule has 0 spiro atoms. The van der Waals surface area contributed by atoms with Crippen LogP contribution in [0.1, 0.15) is 19.8 Å². The van der Waals surface area contributed by atoms with E-state index >= 15 is 0 Å². The maximum atomic E-state index is 10.6. The molecular formula is C7H11LiO5. The molecule has 0 radical (unpaired) electrons. The van der Waals surface area contributed by atoms with Crippen LogP contribution in [0, 0.1) is 0 Å². The summed E-state index contributed by atoms with van der Waals surface area (Å²) >= 11 is 0.